The lowest BCUT2D eigenvalue weighted by Crippen LogP contribution is -2.35. The quantitative estimate of drug-likeness (QED) is 0.665. The summed E-state index contributed by atoms with van der Waals surface area (Å²) in [6.07, 6.45) is 0.473. The molecule has 0 aromatic heterocycles. The van der Waals surface area contributed by atoms with Gasteiger partial charge in [0.15, 0.2) is 11.6 Å². The topological polar surface area (TPSA) is 97.5 Å². The van der Waals surface area contributed by atoms with Crippen LogP contribution in [0.5, 0.6) is 0 Å². The summed E-state index contributed by atoms with van der Waals surface area (Å²) in [4.78, 5) is 50.2. The normalized spacial score (nSPS) is 18.5. The number of hydrogen-bond acceptors (Lipinski definition) is 5. The number of Topliss-reactive ketones (excluding diaryl/α,β-unsaturated/α-hetero) is 2. The number of rotatable bonds is 3. The van der Waals surface area contributed by atoms with Crippen molar-refractivity contribution in [3.05, 3.63) is 69.8 Å². The maximum atomic E-state index is 12.5. The number of ketones is 2. The Morgan fingerprint density at radius 3 is 1.96 bits per heavy atom. The third kappa shape index (κ3) is 2.52. The number of amides is 2. The molecular formula is C21H18N2O4. The Morgan fingerprint density at radius 2 is 1.33 bits per heavy atom. The van der Waals surface area contributed by atoms with E-state index in [2.05, 4.69) is 0 Å². The first kappa shape index (κ1) is 17.3. The van der Waals surface area contributed by atoms with Gasteiger partial charge in [-0.15, -0.1) is 0 Å². The lowest BCUT2D eigenvalue weighted by molar-refractivity contribution is 0.0608. The van der Waals surface area contributed by atoms with Crippen molar-refractivity contribution in [2.75, 3.05) is 0 Å². The zero-order chi connectivity index (χ0) is 19.5. The molecule has 6 heteroatoms. The van der Waals surface area contributed by atoms with E-state index < -0.39 is 6.04 Å². The van der Waals surface area contributed by atoms with E-state index in [1.165, 1.54) is 4.90 Å². The fourth-order valence-corrected chi connectivity index (χ4v) is 3.70. The van der Waals surface area contributed by atoms with Crippen molar-refractivity contribution >= 4 is 23.4 Å². The van der Waals surface area contributed by atoms with E-state index in [4.69, 9.17) is 5.73 Å². The highest BCUT2D eigenvalue weighted by Crippen LogP contribution is 2.28. The minimum Gasteiger partial charge on any atom is -0.315 e. The minimum absolute atomic E-state index is 0.203. The standard InChI is InChI=1S/C21H18N2O4/c1-10(2)23-20(26)14-6-4-12(9-16(14)21(23)27)7-11-3-5-13-15(8-11)19(25)17(22)18(13)24/h3-6,8-10,17H,7,22H2,1-2H3. The fourth-order valence-electron chi connectivity index (χ4n) is 3.70. The van der Waals surface area contributed by atoms with Crippen LogP contribution in [0, 0.1) is 0 Å². The molecule has 6 nitrogen and oxygen atoms in total. The lowest BCUT2D eigenvalue weighted by Gasteiger charge is -2.17. The maximum absolute atomic E-state index is 12.5. The molecule has 27 heavy (non-hydrogen) atoms. The molecule has 0 fully saturated rings. The molecule has 1 aliphatic heterocycles. The second-order valence-electron chi connectivity index (χ2n) is 7.22. The molecule has 2 amide bonds. The third-order valence-corrected chi connectivity index (χ3v) is 5.09. The summed E-state index contributed by atoms with van der Waals surface area (Å²) in [6, 6.07) is 8.98. The number of nitrogens with zero attached hydrogens (tertiary/aromatic N) is 1. The Balaban J connectivity index is 1.65. The van der Waals surface area contributed by atoms with Crippen molar-refractivity contribution in [3.63, 3.8) is 0 Å². The van der Waals surface area contributed by atoms with E-state index in [0.717, 1.165) is 11.1 Å². The second-order valence-corrected chi connectivity index (χ2v) is 7.22. The summed E-state index contributed by atoms with van der Waals surface area (Å²) in [5, 5.41) is 0. The highest BCUT2D eigenvalue weighted by atomic mass is 16.2. The Labute approximate surface area is 156 Å². The van der Waals surface area contributed by atoms with Crippen LogP contribution < -0.4 is 5.73 Å². The van der Waals surface area contributed by atoms with Crippen molar-refractivity contribution in [1.29, 1.82) is 0 Å². The monoisotopic (exact) mass is 362 g/mol. The Hall–Kier alpha value is -3.12. The molecule has 0 spiro atoms. The van der Waals surface area contributed by atoms with E-state index in [0.29, 0.717) is 28.7 Å². The molecule has 0 radical (unpaired) electrons. The average molecular weight is 362 g/mol. The summed E-state index contributed by atoms with van der Waals surface area (Å²) in [7, 11) is 0. The van der Waals surface area contributed by atoms with Crippen molar-refractivity contribution in [3.8, 4) is 0 Å². The van der Waals surface area contributed by atoms with Crippen LogP contribution in [0.2, 0.25) is 0 Å². The number of carbonyl (C=O) groups excluding carboxylic acids is 4. The molecule has 1 heterocycles. The van der Waals surface area contributed by atoms with E-state index in [-0.39, 0.29) is 29.4 Å². The summed E-state index contributed by atoms with van der Waals surface area (Å²) in [5.74, 6) is -1.27. The van der Waals surface area contributed by atoms with Crippen LogP contribution in [0.4, 0.5) is 0 Å². The average Bonchev–Trinajstić information content (AvgIpc) is 3.01. The summed E-state index contributed by atoms with van der Waals surface area (Å²) >= 11 is 0. The van der Waals surface area contributed by atoms with Crippen LogP contribution in [-0.4, -0.2) is 40.4 Å². The highest BCUT2D eigenvalue weighted by molar-refractivity contribution is 6.29. The molecular weight excluding hydrogens is 344 g/mol. The van der Waals surface area contributed by atoms with E-state index in [9.17, 15) is 19.2 Å². The number of fused-ring (bicyclic) bond motifs is 2. The summed E-state index contributed by atoms with van der Waals surface area (Å²) in [6.45, 7) is 3.60. The van der Waals surface area contributed by atoms with Crippen molar-refractivity contribution in [1.82, 2.24) is 4.90 Å². The maximum Gasteiger partial charge on any atom is 0.261 e. The van der Waals surface area contributed by atoms with Crippen LogP contribution >= 0.6 is 0 Å². The molecule has 0 saturated heterocycles. The predicted molar refractivity (Wildman–Crippen MR) is 98.0 cm³/mol. The summed E-state index contributed by atoms with van der Waals surface area (Å²) < 4.78 is 0. The predicted octanol–water partition coefficient (Wildman–Crippen LogP) is 1.99. The minimum atomic E-state index is -1.11. The first-order valence-corrected chi connectivity index (χ1v) is 8.77. The van der Waals surface area contributed by atoms with Gasteiger partial charge >= 0.3 is 0 Å². The van der Waals surface area contributed by atoms with Crippen LogP contribution in [-0.2, 0) is 6.42 Å². The van der Waals surface area contributed by atoms with Crippen LogP contribution in [0.25, 0.3) is 0 Å². The van der Waals surface area contributed by atoms with Crippen LogP contribution in [0.3, 0.4) is 0 Å². The number of carbonyl (C=O) groups is 4. The van der Waals surface area contributed by atoms with Gasteiger partial charge in [-0.05, 0) is 49.6 Å². The van der Waals surface area contributed by atoms with Gasteiger partial charge in [-0.1, -0.05) is 18.2 Å². The first-order chi connectivity index (χ1) is 12.8. The Kier molecular flexibility index (Phi) is 3.82. The molecule has 0 bridgehead atoms. The molecule has 2 aromatic carbocycles. The molecule has 2 aliphatic rings. The molecule has 1 unspecified atom stereocenters. The van der Waals surface area contributed by atoms with Gasteiger partial charge in [-0.25, -0.2) is 0 Å². The molecule has 2 aromatic rings. The molecule has 4 rings (SSSR count). The number of nitrogens with two attached hydrogens (primary N) is 1. The van der Waals surface area contributed by atoms with Crippen molar-refractivity contribution in [2.24, 2.45) is 5.73 Å². The van der Waals surface area contributed by atoms with Crippen molar-refractivity contribution < 1.29 is 19.2 Å². The lowest BCUT2D eigenvalue weighted by atomic mass is 9.97. The Morgan fingerprint density at radius 1 is 0.815 bits per heavy atom. The molecule has 136 valence electrons. The molecule has 1 aliphatic carbocycles. The van der Waals surface area contributed by atoms with Gasteiger partial charge in [0.1, 0.15) is 6.04 Å². The van der Waals surface area contributed by atoms with Gasteiger partial charge in [-0.2, -0.15) is 0 Å². The number of benzene rings is 2. The van der Waals surface area contributed by atoms with Crippen LogP contribution in [0.15, 0.2) is 36.4 Å². The number of hydrogen-bond donors (Lipinski definition) is 1. The van der Waals surface area contributed by atoms with Gasteiger partial charge in [-0.3, -0.25) is 24.1 Å². The third-order valence-electron chi connectivity index (χ3n) is 5.09. The highest BCUT2D eigenvalue weighted by Gasteiger charge is 2.37. The first-order valence-electron chi connectivity index (χ1n) is 8.77. The SMILES string of the molecule is CC(C)N1C(=O)c2ccc(Cc3ccc4c(c3)C(=O)C(N)C4=O)cc2C1=O. The van der Waals surface area contributed by atoms with Gasteiger partial charge < -0.3 is 5.73 Å². The summed E-state index contributed by atoms with van der Waals surface area (Å²) in [5.41, 5.74) is 8.84. The van der Waals surface area contributed by atoms with E-state index in [1.807, 2.05) is 0 Å². The Bertz CT molecular complexity index is 1040. The molecule has 0 saturated carbocycles. The van der Waals surface area contributed by atoms with Crippen molar-refractivity contribution in [2.45, 2.75) is 32.4 Å². The zero-order valence-corrected chi connectivity index (χ0v) is 15.0. The van der Waals surface area contributed by atoms with E-state index >= 15 is 0 Å². The molecule has 1 atom stereocenters. The van der Waals surface area contributed by atoms with E-state index in [1.54, 1.807) is 50.2 Å². The molecule has 2 N–H and O–H groups in total. The van der Waals surface area contributed by atoms with Gasteiger partial charge in [0.05, 0.1) is 11.1 Å². The second kappa shape index (κ2) is 5.96. The smallest absolute Gasteiger partial charge is 0.261 e. The van der Waals surface area contributed by atoms with Crippen LogP contribution in [0.1, 0.15) is 66.4 Å². The number of imide groups is 1. The fraction of sp³-hybridized carbons (Fsp3) is 0.238. The zero-order valence-electron chi connectivity index (χ0n) is 15.0. The van der Waals surface area contributed by atoms with Gasteiger partial charge in [0.2, 0.25) is 0 Å². The van der Waals surface area contributed by atoms with Gasteiger partial charge in [0, 0.05) is 17.2 Å². The largest absolute Gasteiger partial charge is 0.315 e. The van der Waals surface area contributed by atoms with Gasteiger partial charge in [0.25, 0.3) is 11.8 Å².